The molecule has 6 rings (SSSR count). The molecule has 0 aliphatic carbocycles. The number of likely N-dealkylation sites (tertiary alicyclic amines) is 1. The van der Waals surface area contributed by atoms with Crippen molar-refractivity contribution < 1.29 is 28.8 Å². The number of ether oxygens (including phenoxy) is 4. The number of methoxy groups -OCH3 is 1. The Morgan fingerprint density at radius 1 is 1.21 bits per heavy atom. The van der Waals surface area contributed by atoms with Crippen LogP contribution in [0.25, 0.3) is 10.9 Å². The first kappa shape index (κ1) is 25.5. The first-order chi connectivity index (χ1) is 19.0. The van der Waals surface area contributed by atoms with E-state index < -0.39 is 11.7 Å². The van der Waals surface area contributed by atoms with Gasteiger partial charge < -0.3 is 24.1 Å². The Balaban J connectivity index is 1.19. The van der Waals surface area contributed by atoms with E-state index >= 15 is 0 Å². The van der Waals surface area contributed by atoms with Gasteiger partial charge in [0.05, 0.1) is 31.0 Å². The standard InChI is InChI=1S/C30H33N3O6/c1-3-4-20-17-32(18-26(34)23-9-11-31-25-7-6-22(36-2)16-24(23)25)12-10-30(20)19-33(29(35)39-30)21-5-8-27-28(15-21)38-14-13-37-27/h3,5-9,11,15-16,20,26,34H,1,4,10,12-14,17-19H2,2H3/t20-,26-,30+/m1/s1. The number of aliphatic hydroxyl groups is 1. The number of aromatic nitrogens is 1. The lowest BCUT2D eigenvalue weighted by atomic mass is 9.78. The zero-order valence-electron chi connectivity index (χ0n) is 22.0. The summed E-state index contributed by atoms with van der Waals surface area (Å²) in [5, 5.41) is 12.2. The van der Waals surface area contributed by atoms with Crippen molar-refractivity contribution in [1.29, 1.82) is 0 Å². The summed E-state index contributed by atoms with van der Waals surface area (Å²) in [7, 11) is 1.63. The number of piperidine rings is 1. The summed E-state index contributed by atoms with van der Waals surface area (Å²) >= 11 is 0. The first-order valence-corrected chi connectivity index (χ1v) is 13.3. The van der Waals surface area contributed by atoms with Gasteiger partial charge >= 0.3 is 6.09 Å². The van der Waals surface area contributed by atoms with Crippen molar-refractivity contribution in [3.05, 3.63) is 66.9 Å². The highest BCUT2D eigenvalue weighted by Gasteiger charge is 2.53. The molecule has 2 fully saturated rings. The largest absolute Gasteiger partial charge is 0.497 e. The van der Waals surface area contributed by atoms with Gasteiger partial charge in [0.2, 0.25) is 0 Å². The Morgan fingerprint density at radius 3 is 2.87 bits per heavy atom. The summed E-state index contributed by atoms with van der Waals surface area (Å²) in [6.07, 6.45) is 3.91. The average molecular weight is 532 g/mol. The second-order valence-corrected chi connectivity index (χ2v) is 10.4. The van der Waals surface area contributed by atoms with Gasteiger partial charge in [0.15, 0.2) is 11.5 Å². The third kappa shape index (κ3) is 4.77. The number of anilines is 1. The van der Waals surface area contributed by atoms with Crippen molar-refractivity contribution in [3.8, 4) is 17.2 Å². The molecule has 1 aromatic heterocycles. The van der Waals surface area contributed by atoms with E-state index in [0.717, 1.165) is 27.9 Å². The van der Waals surface area contributed by atoms with Gasteiger partial charge in [-0.05, 0) is 48.4 Å². The fourth-order valence-corrected chi connectivity index (χ4v) is 6.02. The maximum atomic E-state index is 13.1. The zero-order valence-corrected chi connectivity index (χ0v) is 22.0. The summed E-state index contributed by atoms with van der Waals surface area (Å²) in [6, 6.07) is 13.1. The van der Waals surface area contributed by atoms with Gasteiger partial charge in [-0.2, -0.15) is 0 Å². The van der Waals surface area contributed by atoms with Gasteiger partial charge in [-0.1, -0.05) is 6.08 Å². The van der Waals surface area contributed by atoms with Gasteiger partial charge in [-0.3, -0.25) is 14.8 Å². The number of pyridine rings is 1. The molecular formula is C30H33N3O6. The first-order valence-electron chi connectivity index (χ1n) is 13.3. The monoisotopic (exact) mass is 531 g/mol. The van der Waals surface area contributed by atoms with Gasteiger partial charge in [-0.15, -0.1) is 6.58 Å². The lowest BCUT2D eigenvalue weighted by Crippen LogP contribution is -2.54. The normalized spacial score (nSPS) is 23.6. The minimum atomic E-state index is -0.707. The second kappa shape index (κ2) is 10.4. The Labute approximate surface area is 227 Å². The molecular weight excluding hydrogens is 498 g/mol. The van der Waals surface area contributed by atoms with Gasteiger partial charge in [0.1, 0.15) is 24.6 Å². The predicted octanol–water partition coefficient (Wildman–Crippen LogP) is 4.34. The Bertz CT molecular complexity index is 1400. The summed E-state index contributed by atoms with van der Waals surface area (Å²) in [5.74, 6) is 2.08. The number of allylic oxidation sites excluding steroid dienone is 1. The fourth-order valence-electron chi connectivity index (χ4n) is 6.02. The topological polar surface area (TPSA) is 93.6 Å². The summed E-state index contributed by atoms with van der Waals surface area (Å²) in [6.45, 7) is 7.25. The minimum Gasteiger partial charge on any atom is -0.497 e. The van der Waals surface area contributed by atoms with Crippen molar-refractivity contribution in [3.63, 3.8) is 0 Å². The molecule has 39 heavy (non-hydrogen) atoms. The number of carbonyl (C=O) groups excluding carboxylic acids is 1. The van der Waals surface area contributed by atoms with E-state index in [1.54, 1.807) is 18.2 Å². The molecule has 4 heterocycles. The van der Waals surface area contributed by atoms with Crippen LogP contribution in [0.1, 0.15) is 24.5 Å². The fraction of sp³-hybridized carbons (Fsp3) is 0.400. The molecule has 0 unspecified atom stereocenters. The molecule has 1 N–H and O–H groups in total. The molecule has 9 heteroatoms. The summed E-state index contributed by atoms with van der Waals surface area (Å²) in [4.78, 5) is 21.5. The number of carbonyl (C=O) groups is 1. The summed E-state index contributed by atoms with van der Waals surface area (Å²) in [5.41, 5.74) is 1.73. The molecule has 3 aromatic rings. The van der Waals surface area contributed by atoms with E-state index in [9.17, 15) is 9.90 Å². The van der Waals surface area contributed by atoms with E-state index in [2.05, 4.69) is 16.5 Å². The van der Waals surface area contributed by atoms with E-state index in [1.807, 2.05) is 48.5 Å². The Morgan fingerprint density at radius 2 is 2.05 bits per heavy atom. The van der Waals surface area contributed by atoms with Crippen LogP contribution in [-0.2, 0) is 4.74 Å². The quantitative estimate of drug-likeness (QED) is 0.450. The smallest absolute Gasteiger partial charge is 0.415 e. The van der Waals surface area contributed by atoms with Crippen LogP contribution in [0.5, 0.6) is 17.2 Å². The molecule has 2 aromatic carbocycles. The molecule has 1 amide bonds. The van der Waals surface area contributed by atoms with Crippen molar-refractivity contribution in [2.45, 2.75) is 24.5 Å². The van der Waals surface area contributed by atoms with E-state index in [0.29, 0.717) is 63.7 Å². The number of amides is 1. The molecule has 1 spiro atoms. The van der Waals surface area contributed by atoms with Crippen molar-refractivity contribution in [2.75, 3.05) is 51.4 Å². The van der Waals surface area contributed by atoms with Crippen LogP contribution in [-0.4, -0.2) is 73.2 Å². The highest BCUT2D eigenvalue weighted by atomic mass is 16.6. The molecule has 0 radical (unpaired) electrons. The molecule has 3 atom stereocenters. The highest BCUT2D eigenvalue weighted by Crippen LogP contribution is 2.43. The molecule has 0 bridgehead atoms. The second-order valence-electron chi connectivity index (χ2n) is 10.4. The number of hydrogen-bond acceptors (Lipinski definition) is 8. The molecule has 3 aliphatic rings. The lowest BCUT2D eigenvalue weighted by Gasteiger charge is -2.44. The number of aliphatic hydroxyl groups excluding tert-OH is 1. The number of β-amino-alcohol motifs (C(OH)–C–C–N with tert-alkyl or cyclic N) is 1. The summed E-state index contributed by atoms with van der Waals surface area (Å²) < 4.78 is 22.9. The number of hydrogen-bond donors (Lipinski definition) is 1. The molecule has 3 aliphatic heterocycles. The predicted molar refractivity (Wildman–Crippen MR) is 147 cm³/mol. The lowest BCUT2D eigenvalue weighted by molar-refractivity contribution is -0.0545. The Hall–Kier alpha value is -3.82. The van der Waals surface area contributed by atoms with Gasteiger partial charge in [0.25, 0.3) is 0 Å². The minimum absolute atomic E-state index is 0.0383. The SMILES string of the molecule is C=CC[C@@H]1CN(C[C@@H](O)c2ccnc3ccc(OC)cc23)CC[C@]12CN(c1ccc3c(c1)OCCO3)C(=O)O2. The zero-order chi connectivity index (χ0) is 27.0. The van der Waals surface area contributed by atoms with E-state index in [4.69, 9.17) is 18.9 Å². The third-order valence-corrected chi connectivity index (χ3v) is 8.07. The number of rotatable bonds is 7. The molecule has 0 saturated carbocycles. The van der Waals surface area contributed by atoms with Crippen molar-refractivity contribution >= 4 is 22.7 Å². The third-order valence-electron chi connectivity index (χ3n) is 8.07. The highest BCUT2D eigenvalue weighted by molar-refractivity contribution is 5.91. The van der Waals surface area contributed by atoms with E-state index in [1.165, 1.54) is 0 Å². The van der Waals surface area contributed by atoms with Crippen LogP contribution in [0.2, 0.25) is 0 Å². The van der Waals surface area contributed by atoms with Crippen molar-refractivity contribution in [1.82, 2.24) is 9.88 Å². The maximum absolute atomic E-state index is 13.1. The van der Waals surface area contributed by atoms with Crippen molar-refractivity contribution in [2.24, 2.45) is 5.92 Å². The number of fused-ring (bicyclic) bond motifs is 2. The van der Waals surface area contributed by atoms with Gasteiger partial charge in [0, 0.05) is 49.6 Å². The number of nitrogens with zero attached hydrogens (tertiary/aromatic N) is 3. The van der Waals surface area contributed by atoms with Gasteiger partial charge in [-0.25, -0.2) is 4.79 Å². The molecule has 2 saturated heterocycles. The van der Waals surface area contributed by atoms with Crippen LogP contribution in [0.15, 0.2) is 61.3 Å². The van der Waals surface area contributed by atoms with Crippen LogP contribution < -0.4 is 19.1 Å². The number of benzene rings is 2. The molecule has 9 nitrogen and oxygen atoms in total. The van der Waals surface area contributed by atoms with E-state index in [-0.39, 0.29) is 12.0 Å². The van der Waals surface area contributed by atoms with Crippen LogP contribution in [0.4, 0.5) is 10.5 Å². The Kier molecular flexibility index (Phi) is 6.78. The van der Waals surface area contributed by atoms with Crippen LogP contribution >= 0.6 is 0 Å². The average Bonchev–Trinajstić information content (AvgIpc) is 3.30. The van der Waals surface area contributed by atoms with Crippen LogP contribution in [0, 0.1) is 5.92 Å². The molecule has 204 valence electrons. The van der Waals surface area contributed by atoms with Crippen LogP contribution in [0.3, 0.4) is 0 Å². The maximum Gasteiger partial charge on any atom is 0.415 e.